The van der Waals surface area contributed by atoms with Crippen molar-refractivity contribution in [1.29, 1.82) is 0 Å². The minimum Gasteiger partial charge on any atom is -0.497 e. The highest BCUT2D eigenvalue weighted by Crippen LogP contribution is 2.32. The van der Waals surface area contributed by atoms with Gasteiger partial charge in [-0.3, -0.25) is 11.3 Å². The van der Waals surface area contributed by atoms with Crippen LogP contribution in [-0.2, 0) is 0 Å². The number of hydrazine groups is 1. The highest BCUT2D eigenvalue weighted by atomic mass is 32.2. The van der Waals surface area contributed by atoms with Crippen molar-refractivity contribution in [3.8, 4) is 5.75 Å². The number of methoxy groups -OCH3 is 1. The monoisotopic (exact) mass is 266 g/mol. The number of rotatable bonds is 6. The van der Waals surface area contributed by atoms with Crippen molar-refractivity contribution >= 4 is 11.8 Å². The fraction of sp³-hybridized carbons (Fsp3) is 0.571. The van der Waals surface area contributed by atoms with Gasteiger partial charge in [0.05, 0.1) is 13.2 Å². The highest BCUT2D eigenvalue weighted by molar-refractivity contribution is 7.99. The van der Waals surface area contributed by atoms with Crippen LogP contribution in [-0.4, -0.2) is 18.1 Å². The summed E-state index contributed by atoms with van der Waals surface area (Å²) < 4.78 is 5.17. The highest BCUT2D eigenvalue weighted by Gasteiger charge is 2.18. The van der Waals surface area contributed by atoms with Crippen LogP contribution in [0.4, 0.5) is 0 Å². The second-order valence-corrected chi connectivity index (χ2v) is 6.07. The van der Waals surface area contributed by atoms with E-state index in [9.17, 15) is 0 Å². The van der Waals surface area contributed by atoms with Crippen LogP contribution >= 0.6 is 11.8 Å². The van der Waals surface area contributed by atoms with E-state index in [0.29, 0.717) is 0 Å². The Morgan fingerprint density at radius 2 is 2.00 bits per heavy atom. The predicted octanol–water partition coefficient (Wildman–Crippen LogP) is 2.88. The second kappa shape index (κ2) is 7.02. The summed E-state index contributed by atoms with van der Waals surface area (Å²) in [6.07, 6.45) is 5.51. The molecule has 1 aromatic rings. The minimum atomic E-state index is 0.224. The zero-order valence-electron chi connectivity index (χ0n) is 10.9. The van der Waals surface area contributed by atoms with Gasteiger partial charge in [-0.1, -0.05) is 25.0 Å². The van der Waals surface area contributed by atoms with Crippen LogP contribution < -0.4 is 16.0 Å². The number of hydrogen-bond donors (Lipinski definition) is 2. The van der Waals surface area contributed by atoms with Gasteiger partial charge in [0.2, 0.25) is 0 Å². The SMILES string of the molecule is COc1ccc(C(CSC2CCCC2)NN)cc1. The van der Waals surface area contributed by atoms with Gasteiger partial charge in [-0.2, -0.15) is 11.8 Å². The average molecular weight is 266 g/mol. The Labute approximate surface area is 113 Å². The molecule has 1 saturated carbocycles. The Balaban J connectivity index is 1.89. The molecular weight excluding hydrogens is 244 g/mol. The van der Waals surface area contributed by atoms with E-state index in [2.05, 4.69) is 17.6 Å². The topological polar surface area (TPSA) is 47.3 Å². The molecule has 1 aliphatic carbocycles. The third kappa shape index (κ3) is 3.64. The van der Waals surface area contributed by atoms with Gasteiger partial charge in [0.1, 0.15) is 5.75 Å². The van der Waals surface area contributed by atoms with Crippen LogP contribution in [0, 0.1) is 0 Å². The second-order valence-electron chi connectivity index (χ2n) is 4.73. The summed E-state index contributed by atoms with van der Waals surface area (Å²) in [5.41, 5.74) is 4.14. The predicted molar refractivity (Wildman–Crippen MR) is 77.8 cm³/mol. The van der Waals surface area contributed by atoms with Crippen LogP contribution in [0.15, 0.2) is 24.3 Å². The maximum Gasteiger partial charge on any atom is 0.118 e. The number of ether oxygens (including phenoxy) is 1. The third-order valence-corrected chi connectivity index (χ3v) is 4.99. The first-order valence-corrected chi connectivity index (χ1v) is 7.60. The van der Waals surface area contributed by atoms with Crippen LogP contribution in [0.3, 0.4) is 0 Å². The van der Waals surface area contributed by atoms with Gasteiger partial charge in [0.15, 0.2) is 0 Å². The maximum atomic E-state index is 5.67. The Morgan fingerprint density at radius 1 is 1.33 bits per heavy atom. The first-order valence-electron chi connectivity index (χ1n) is 6.55. The van der Waals surface area contributed by atoms with E-state index in [0.717, 1.165) is 16.8 Å². The average Bonchev–Trinajstić information content (AvgIpc) is 2.93. The molecule has 4 heteroatoms. The standard InChI is InChI=1S/C14H22N2OS/c1-17-12-8-6-11(7-9-12)14(16-15)10-18-13-4-2-3-5-13/h6-9,13-14,16H,2-5,10,15H2,1H3. The Kier molecular flexibility index (Phi) is 5.35. The third-order valence-electron chi connectivity index (χ3n) is 3.52. The van der Waals surface area contributed by atoms with E-state index in [4.69, 9.17) is 10.6 Å². The molecule has 0 aromatic heterocycles. The van der Waals surface area contributed by atoms with E-state index in [1.165, 1.54) is 31.2 Å². The molecule has 0 spiro atoms. The molecule has 0 saturated heterocycles. The van der Waals surface area contributed by atoms with Crippen LogP contribution in [0.5, 0.6) is 5.75 Å². The lowest BCUT2D eigenvalue weighted by Crippen LogP contribution is -2.30. The first-order chi connectivity index (χ1) is 8.83. The molecule has 1 atom stereocenters. The normalized spacial score (nSPS) is 17.9. The Bertz CT molecular complexity index is 349. The van der Waals surface area contributed by atoms with Gasteiger partial charge in [0, 0.05) is 11.0 Å². The Hall–Kier alpha value is -0.710. The van der Waals surface area contributed by atoms with Crippen molar-refractivity contribution in [3.63, 3.8) is 0 Å². The number of benzene rings is 1. The molecule has 0 aliphatic heterocycles. The molecule has 0 radical (unpaired) electrons. The van der Waals surface area contributed by atoms with Gasteiger partial charge in [-0.25, -0.2) is 0 Å². The number of thioether (sulfide) groups is 1. The van der Waals surface area contributed by atoms with Gasteiger partial charge < -0.3 is 4.74 Å². The molecule has 3 nitrogen and oxygen atoms in total. The molecule has 1 aliphatic rings. The van der Waals surface area contributed by atoms with Gasteiger partial charge in [-0.05, 0) is 30.5 Å². The summed E-state index contributed by atoms with van der Waals surface area (Å²) >= 11 is 2.05. The lowest BCUT2D eigenvalue weighted by molar-refractivity contribution is 0.414. The lowest BCUT2D eigenvalue weighted by Gasteiger charge is -2.18. The molecule has 0 amide bonds. The van der Waals surface area contributed by atoms with E-state index < -0.39 is 0 Å². The molecule has 0 heterocycles. The molecular formula is C14H22N2OS. The largest absolute Gasteiger partial charge is 0.497 e. The maximum absolute atomic E-state index is 5.67. The molecule has 2 rings (SSSR count). The fourth-order valence-corrected chi connectivity index (χ4v) is 3.78. The Morgan fingerprint density at radius 3 is 2.56 bits per heavy atom. The zero-order chi connectivity index (χ0) is 12.8. The van der Waals surface area contributed by atoms with Crippen molar-refractivity contribution in [2.45, 2.75) is 37.0 Å². The fourth-order valence-electron chi connectivity index (χ4n) is 2.36. The summed E-state index contributed by atoms with van der Waals surface area (Å²) in [5.74, 6) is 7.59. The van der Waals surface area contributed by atoms with Gasteiger partial charge in [0.25, 0.3) is 0 Å². The van der Waals surface area contributed by atoms with Crippen molar-refractivity contribution in [2.75, 3.05) is 12.9 Å². The first kappa shape index (κ1) is 13.7. The summed E-state index contributed by atoms with van der Waals surface area (Å²) in [4.78, 5) is 0. The van der Waals surface area contributed by atoms with Crippen LogP contribution in [0.2, 0.25) is 0 Å². The molecule has 1 unspecified atom stereocenters. The van der Waals surface area contributed by atoms with Crippen molar-refractivity contribution < 1.29 is 4.74 Å². The molecule has 18 heavy (non-hydrogen) atoms. The molecule has 3 N–H and O–H groups in total. The van der Waals surface area contributed by atoms with Gasteiger partial charge >= 0.3 is 0 Å². The lowest BCUT2D eigenvalue weighted by atomic mass is 10.1. The van der Waals surface area contributed by atoms with E-state index in [-0.39, 0.29) is 6.04 Å². The van der Waals surface area contributed by atoms with Crippen LogP contribution in [0.25, 0.3) is 0 Å². The van der Waals surface area contributed by atoms with Crippen molar-refractivity contribution in [3.05, 3.63) is 29.8 Å². The van der Waals surface area contributed by atoms with E-state index >= 15 is 0 Å². The van der Waals surface area contributed by atoms with Crippen molar-refractivity contribution in [1.82, 2.24) is 5.43 Å². The smallest absolute Gasteiger partial charge is 0.118 e. The van der Waals surface area contributed by atoms with E-state index in [1.54, 1.807) is 7.11 Å². The summed E-state index contributed by atoms with van der Waals surface area (Å²) in [7, 11) is 1.68. The van der Waals surface area contributed by atoms with Crippen LogP contribution in [0.1, 0.15) is 37.3 Å². The summed E-state index contributed by atoms with van der Waals surface area (Å²) in [6, 6.07) is 8.36. The summed E-state index contributed by atoms with van der Waals surface area (Å²) in [5, 5.41) is 0.832. The molecule has 0 bridgehead atoms. The van der Waals surface area contributed by atoms with E-state index in [1.807, 2.05) is 23.9 Å². The number of hydrogen-bond acceptors (Lipinski definition) is 4. The number of nitrogens with two attached hydrogens (primary N) is 1. The zero-order valence-corrected chi connectivity index (χ0v) is 11.7. The molecule has 1 aromatic carbocycles. The summed E-state index contributed by atoms with van der Waals surface area (Å²) in [6.45, 7) is 0. The minimum absolute atomic E-state index is 0.224. The quantitative estimate of drug-likeness (QED) is 0.614. The van der Waals surface area contributed by atoms with Gasteiger partial charge in [-0.15, -0.1) is 0 Å². The molecule has 1 fully saturated rings. The van der Waals surface area contributed by atoms with Crippen molar-refractivity contribution in [2.24, 2.45) is 5.84 Å². The molecule has 100 valence electrons. The number of nitrogens with one attached hydrogen (secondary N) is 1.